The summed E-state index contributed by atoms with van der Waals surface area (Å²) in [6.07, 6.45) is 0. The van der Waals surface area contributed by atoms with Gasteiger partial charge in [0.1, 0.15) is 0 Å². The highest BCUT2D eigenvalue weighted by Gasteiger charge is 2.08. The summed E-state index contributed by atoms with van der Waals surface area (Å²) in [6, 6.07) is 0. The van der Waals surface area contributed by atoms with Gasteiger partial charge in [0.05, 0.1) is 26.2 Å². The smallest absolute Gasteiger partial charge is 0.217 e. The third-order valence-corrected chi connectivity index (χ3v) is 2.24. The summed E-state index contributed by atoms with van der Waals surface area (Å²) in [5.41, 5.74) is 0. The second-order valence-corrected chi connectivity index (χ2v) is 3.96. The van der Waals surface area contributed by atoms with E-state index in [1.54, 1.807) is 0 Å². The second kappa shape index (κ2) is 12.4. The highest BCUT2D eigenvalue weighted by atomic mass is 16.5. The van der Waals surface area contributed by atoms with E-state index in [2.05, 4.69) is 69.4 Å². The van der Waals surface area contributed by atoms with E-state index in [1.807, 2.05) is 0 Å². The van der Waals surface area contributed by atoms with Crippen LogP contribution in [-0.2, 0) is 0 Å². The largest absolute Gasteiger partial charge is 0.787 e. The van der Waals surface area contributed by atoms with Crippen LogP contribution < -0.4 is 10.6 Å². The van der Waals surface area contributed by atoms with Gasteiger partial charge in [-0.15, -0.1) is 10.2 Å². The Morgan fingerprint density at radius 1 is 0.727 bits per heavy atom. The van der Waals surface area contributed by atoms with E-state index < -0.39 is 0 Å². The molecule has 0 unspecified atom stereocenters. The van der Waals surface area contributed by atoms with Gasteiger partial charge in [0.15, 0.2) is 0 Å². The van der Waals surface area contributed by atoms with Crippen molar-refractivity contribution in [3.8, 4) is 11.6 Å². The Labute approximate surface area is 128 Å². The van der Waals surface area contributed by atoms with Gasteiger partial charge in [-0.05, 0) is 48.5 Å². The van der Waals surface area contributed by atoms with Gasteiger partial charge in [-0.25, -0.2) is 0 Å². The highest BCUT2D eigenvalue weighted by Crippen LogP contribution is 2.07. The van der Waals surface area contributed by atoms with Gasteiger partial charge in [0.2, 0.25) is 11.6 Å². The number of hydrogen-bond donors (Lipinski definition) is 2. The molecule has 12 nitrogen and oxygen atoms in total. The number of aromatic nitrogens is 8. The van der Waals surface area contributed by atoms with Crippen molar-refractivity contribution in [2.75, 3.05) is 26.2 Å². The van der Waals surface area contributed by atoms with Crippen LogP contribution in [0.5, 0.6) is 0 Å². The summed E-state index contributed by atoms with van der Waals surface area (Å²) in [5, 5.41) is 44.4. The van der Waals surface area contributed by atoms with E-state index in [9.17, 15) is 10.4 Å². The molecule has 2 aromatic heterocycles. The molecule has 126 valence electrons. The van der Waals surface area contributed by atoms with Gasteiger partial charge in [-0.2, -0.15) is 0 Å². The average Bonchev–Trinajstić information content (AvgIpc) is 3.10. The van der Waals surface area contributed by atoms with Gasteiger partial charge in [0.25, 0.3) is 0 Å². The lowest BCUT2D eigenvalue weighted by Crippen LogP contribution is -2.82. The summed E-state index contributed by atoms with van der Waals surface area (Å²) in [5.74, 6) is -0.648. The predicted octanol–water partition coefficient (Wildman–Crippen LogP) is -2.80. The van der Waals surface area contributed by atoms with Crippen LogP contribution in [0.2, 0.25) is 0 Å². The molecule has 0 radical (unpaired) electrons. The molecule has 22 heavy (non-hydrogen) atoms. The molecule has 0 fully saturated rings. The predicted molar refractivity (Wildman–Crippen MR) is 78.2 cm³/mol. The van der Waals surface area contributed by atoms with Crippen LogP contribution in [0.15, 0.2) is 0 Å². The summed E-state index contributed by atoms with van der Waals surface area (Å²) in [4.78, 5) is 0.111. The number of nitrogens with zero attached hydrogens (tertiary/aromatic N) is 8. The fourth-order valence-electron chi connectivity index (χ4n) is 1.20. The van der Waals surface area contributed by atoms with E-state index in [0.29, 0.717) is 0 Å². The molecular formula is C10H24N10O2. The zero-order valence-electron chi connectivity index (χ0n) is 13.4. The molecule has 2 heterocycles. The topological polar surface area (TPSA) is 167 Å². The number of nitrogens with two attached hydrogens (primary N) is 2. The Kier molecular flexibility index (Phi) is 11.1. The van der Waals surface area contributed by atoms with Crippen LogP contribution in [0.4, 0.5) is 0 Å². The number of rotatable bonds is 5. The van der Waals surface area contributed by atoms with Crippen LogP contribution in [0, 0.1) is 10.4 Å². The molecule has 0 aliphatic heterocycles. The minimum Gasteiger partial charge on any atom is -0.787 e. The van der Waals surface area contributed by atoms with Crippen molar-refractivity contribution < 1.29 is 10.6 Å². The lowest BCUT2D eigenvalue weighted by molar-refractivity contribution is -0.648. The van der Waals surface area contributed by atoms with E-state index in [1.165, 1.54) is 26.2 Å². The lowest BCUT2D eigenvalue weighted by Gasteiger charge is -2.07. The maximum atomic E-state index is 10.7. The Hall–Kier alpha value is -2.34. The van der Waals surface area contributed by atoms with Crippen molar-refractivity contribution >= 4 is 0 Å². The van der Waals surface area contributed by atoms with Crippen molar-refractivity contribution in [3.05, 3.63) is 10.4 Å². The second-order valence-electron chi connectivity index (χ2n) is 3.96. The minimum absolute atomic E-state index is 0.0556. The van der Waals surface area contributed by atoms with Crippen LogP contribution in [0.25, 0.3) is 11.6 Å². The molecule has 0 saturated carbocycles. The number of hydrogen-bond acceptors (Lipinski definition) is 8. The summed E-state index contributed by atoms with van der Waals surface area (Å²) < 4.78 is 0. The maximum absolute atomic E-state index is 10.7. The first kappa shape index (κ1) is 19.7. The first-order chi connectivity index (χ1) is 10.6. The molecule has 12 heteroatoms. The first-order valence-corrected chi connectivity index (χ1v) is 7.17. The third kappa shape index (κ3) is 7.44. The van der Waals surface area contributed by atoms with Crippen molar-refractivity contribution in [1.29, 1.82) is 0 Å². The van der Waals surface area contributed by atoms with Crippen molar-refractivity contribution in [2.24, 2.45) is 0 Å². The van der Waals surface area contributed by atoms with Gasteiger partial charge < -0.3 is 21.0 Å². The van der Waals surface area contributed by atoms with Gasteiger partial charge in [-0.3, -0.25) is 9.69 Å². The molecule has 0 atom stereocenters. The Morgan fingerprint density at radius 2 is 1.05 bits per heavy atom. The molecule has 2 rings (SSSR count). The zero-order valence-corrected chi connectivity index (χ0v) is 13.4. The third-order valence-electron chi connectivity index (χ3n) is 2.24. The quantitative estimate of drug-likeness (QED) is 0.596. The Bertz CT molecular complexity index is 437. The van der Waals surface area contributed by atoms with E-state index in [0.717, 1.165) is 0 Å². The SMILES string of the molecule is CC[NH2+]CC.CC[NH2+]CC.[O-]n1nnnc1-c1nnnn1[O-]. The molecular weight excluding hydrogens is 292 g/mol. The molecule has 0 aliphatic carbocycles. The van der Waals surface area contributed by atoms with E-state index >= 15 is 0 Å². The summed E-state index contributed by atoms with van der Waals surface area (Å²) in [6.45, 7) is 13.5. The highest BCUT2D eigenvalue weighted by molar-refractivity contribution is 5.41. The molecule has 2 aromatic rings. The van der Waals surface area contributed by atoms with E-state index in [-0.39, 0.29) is 21.3 Å². The maximum Gasteiger partial charge on any atom is 0.217 e. The molecule has 0 amide bonds. The van der Waals surface area contributed by atoms with Gasteiger partial charge in [-0.1, -0.05) is 0 Å². The Balaban J connectivity index is 0.000000372. The van der Waals surface area contributed by atoms with Crippen LogP contribution in [0.1, 0.15) is 27.7 Å². The monoisotopic (exact) mass is 316 g/mol. The number of quaternary nitrogens is 2. The summed E-state index contributed by atoms with van der Waals surface area (Å²) >= 11 is 0. The van der Waals surface area contributed by atoms with Crippen molar-refractivity contribution in [2.45, 2.75) is 27.7 Å². The van der Waals surface area contributed by atoms with Gasteiger partial charge >= 0.3 is 0 Å². The van der Waals surface area contributed by atoms with Crippen LogP contribution in [0.3, 0.4) is 0 Å². The lowest BCUT2D eigenvalue weighted by atomic mass is 10.6. The minimum atomic E-state index is -0.324. The molecule has 0 saturated heterocycles. The molecule has 0 aromatic carbocycles. The average molecular weight is 316 g/mol. The van der Waals surface area contributed by atoms with E-state index in [4.69, 9.17) is 0 Å². The first-order valence-electron chi connectivity index (χ1n) is 7.17. The van der Waals surface area contributed by atoms with Crippen LogP contribution in [-0.4, -0.2) is 66.9 Å². The molecule has 0 spiro atoms. The van der Waals surface area contributed by atoms with Crippen molar-refractivity contribution in [1.82, 2.24) is 40.7 Å². The zero-order chi connectivity index (χ0) is 16.8. The standard InChI is InChI=1S/2C4H11N.C2N8O2/c2*1-3-5-4-2;11-9-1(3-5-7-9)2-4-6-8-10(2)12/h2*5H,3-4H2,1-2H3;/q;;-2/p+2. The summed E-state index contributed by atoms with van der Waals surface area (Å²) in [7, 11) is 0. The van der Waals surface area contributed by atoms with Crippen molar-refractivity contribution in [3.63, 3.8) is 0 Å². The Morgan fingerprint density at radius 3 is 1.18 bits per heavy atom. The van der Waals surface area contributed by atoms with Crippen LogP contribution >= 0.6 is 0 Å². The molecule has 0 aliphatic rings. The molecule has 0 bridgehead atoms. The fourth-order valence-corrected chi connectivity index (χ4v) is 1.20. The fraction of sp³-hybridized carbons (Fsp3) is 0.800. The molecule has 4 N–H and O–H groups in total. The van der Waals surface area contributed by atoms with Gasteiger partial charge in [0, 0.05) is 0 Å². The normalized spacial score (nSPS) is 9.45. The number of tetrazole rings is 2.